The largest absolute Gasteiger partial charge is 0.461 e. The first-order valence-corrected chi connectivity index (χ1v) is 9.75. The van der Waals surface area contributed by atoms with E-state index in [1.807, 2.05) is 30.3 Å². The summed E-state index contributed by atoms with van der Waals surface area (Å²) in [4.78, 5) is 12.1. The van der Waals surface area contributed by atoms with Crippen molar-refractivity contribution in [3.8, 4) is 0 Å². The maximum atomic E-state index is 12.2. The quantitative estimate of drug-likeness (QED) is 0.568. The third-order valence-corrected chi connectivity index (χ3v) is 6.24. The second kappa shape index (κ2) is 9.15. The van der Waals surface area contributed by atoms with E-state index in [-0.39, 0.29) is 25.0 Å². The lowest BCUT2D eigenvalue weighted by atomic mass is 9.89. The summed E-state index contributed by atoms with van der Waals surface area (Å²) in [6.07, 6.45) is 2.05. The average molecular weight is 355 g/mol. The minimum Gasteiger partial charge on any atom is -0.461 e. The number of benzene rings is 1. The third kappa shape index (κ3) is 5.58. The van der Waals surface area contributed by atoms with E-state index in [0.29, 0.717) is 32.3 Å². The van der Waals surface area contributed by atoms with E-state index in [1.165, 1.54) is 7.11 Å². The van der Waals surface area contributed by atoms with Crippen LogP contribution in [0.2, 0.25) is 0 Å². The fourth-order valence-electron chi connectivity index (χ4n) is 2.86. The van der Waals surface area contributed by atoms with Crippen LogP contribution in [0, 0.1) is 5.92 Å². The van der Waals surface area contributed by atoms with Gasteiger partial charge < -0.3 is 9.47 Å². The van der Waals surface area contributed by atoms with Crippen LogP contribution in [-0.2, 0) is 30.9 Å². The Morgan fingerprint density at radius 2 is 1.83 bits per heavy atom. The molecule has 0 spiro atoms. The number of rotatable bonds is 8. The molecule has 6 nitrogen and oxygen atoms in total. The number of hydrogen-bond donors (Lipinski definition) is 1. The average Bonchev–Trinajstić information content (AvgIpc) is 2.61. The van der Waals surface area contributed by atoms with Crippen LogP contribution in [0.3, 0.4) is 0 Å². The summed E-state index contributed by atoms with van der Waals surface area (Å²) in [5.41, 5.74) is 0.949. The predicted octanol–water partition coefficient (Wildman–Crippen LogP) is 1.85. The molecule has 24 heavy (non-hydrogen) atoms. The van der Waals surface area contributed by atoms with Gasteiger partial charge in [-0.15, -0.1) is 0 Å². The van der Waals surface area contributed by atoms with Crippen molar-refractivity contribution in [2.45, 2.75) is 37.5 Å². The van der Waals surface area contributed by atoms with E-state index >= 15 is 0 Å². The molecule has 0 unspecified atom stereocenters. The SMILES string of the molecule is COCCNS(=O)(=O)C1CCC(C(=O)OCc2ccccc2)CC1. The Hall–Kier alpha value is -1.44. The molecule has 0 radical (unpaired) electrons. The van der Waals surface area contributed by atoms with Gasteiger partial charge in [0.05, 0.1) is 17.8 Å². The number of sulfonamides is 1. The maximum Gasteiger partial charge on any atom is 0.309 e. The molecule has 1 aromatic carbocycles. The number of methoxy groups -OCH3 is 1. The van der Waals surface area contributed by atoms with Crippen molar-refractivity contribution in [3.63, 3.8) is 0 Å². The Labute approximate surface area is 143 Å². The number of carbonyl (C=O) groups excluding carboxylic acids is 1. The molecular formula is C17H25NO5S. The van der Waals surface area contributed by atoms with Gasteiger partial charge in [-0.1, -0.05) is 30.3 Å². The van der Waals surface area contributed by atoms with Gasteiger partial charge in [0.15, 0.2) is 0 Å². The predicted molar refractivity (Wildman–Crippen MR) is 90.8 cm³/mol. The smallest absolute Gasteiger partial charge is 0.309 e. The van der Waals surface area contributed by atoms with Crippen LogP contribution in [0.1, 0.15) is 31.2 Å². The van der Waals surface area contributed by atoms with Crippen molar-refractivity contribution >= 4 is 16.0 Å². The number of ether oxygens (including phenoxy) is 2. The highest BCUT2D eigenvalue weighted by Crippen LogP contribution is 2.29. The van der Waals surface area contributed by atoms with E-state index < -0.39 is 15.3 Å². The highest BCUT2D eigenvalue weighted by atomic mass is 32.2. The zero-order valence-corrected chi connectivity index (χ0v) is 14.8. The molecule has 134 valence electrons. The second-order valence-corrected chi connectivity index (χ2v) is 8.04. The third-order valence-electron chi connectivity index (χ3n) is 4.28. The van der Waals surface area contributed by atoms with Gasteiger partial charge in [-0.25, -0.2) is 13.1 Å². The van der Waals surface area contributed by atoms with Crippen molar-refractivity contribution in [2.75, 3.05) is 20.3 Å². The Kier molecular flexibility index (Phi) is 7.20. The zero-order chi connectivity index (χ0) is 17.4. The van der Waals surface area contributed by atoms with Crippen molar-refractivity contribution in [3.05, 3.63) is 35.9 Å². The van der Waals surface area contributed by atoms with E-state index in [4.69, 9.17) is 9.47 Å². The maximum absolute atomic E-state index is 12.2. The molecule has 1 aromatic rings. The summed E-state index contributed by atoms with van der Waals surface area (Å²) in [6, 6.07) is 9.52. The second-order valence-electron chi connectivity index (χ2n) is 6.00. The van der Waals surface area contributed by atoms with Crippen LogP contribution in [0.5, 0.6) is 0 Å². The first-order chi connectivity index (χ1) is 11.5. The van der Waals surface area contributed by atoms with Gasteiger partial charge in [0.2, 0.25) is 10.0 Å². The van der Waals surface area contributed by atoms with Crippen LogP contribution in [0.15, 0.2) is 30.3 Å². The number of esters is 1. The van der Waals surface area contributed by atoms with Crippen LogP contribution in [0.4, 0.5) is 0 Å². The summed E-state index contributed by atoms with van der Waals surface area (Å²) in [5, 5.41) is -0.437. The normalized spacial score (nSPS) is 21.4. The lowest BCUT2D eigenvalue weighted by Crippen LogP contribution is -2.39. The Balaban J connectivity index is 1.76. The van der Waals surface area contributed by atoms with Crippen LogP contribution < -0.4 is 4.72 Å². The molecule has 0 amide bonds. The standard InChI is InChI=1S/C17H25NO5S/c1-22-12-11-18-24(20,21)16-9-7-15(8-10-16)17(19)23-13-14-5-3-2-4-6-14/h2-6,15-16,18H,7-13H2,1H3. The van der Waals surface area contributed by atoms with Gasteiger partial charge in [0.25, 0.3) is 0 Å². The van der Waals surface area contributed by atoms with E-state index in [2.05, 4.69) is 4.72 Å². The monoisotopic (exact) mass is 355 g/mol. The first kappa shape index (κ1) is 18.9. The van der Waals surface area contributed by atoms with Gasteiger partial charge in [0.1, 0.15) is 6.61 Å². The van der Waals surface area contributed by atoms with Crippen LogP contribution >= 0.6 is 0 Å². The molecule has 1 aliphatic rings. The first-order valence-electron chi connectivity index (χ1n) is 8.21. The summed E-state index contributed by atoms with van der Waals surface area (Å²) >= 11 is 0. The van der Waals surface area contributed by atoms with Crippen molar-refractivity contribution in [1.82, 2.24) is 4.72 Å². The Morgan fingerprint density at radius 1 is 1.17 bits per heavy atom. The van der Waals surface area contributed by atoms with E-state index in [0.717, 1.165) is 5.56 Å². The van der Waals surface area contributed by atoms with E-state index in [9.17, 15) is 13.2 Å². The highest BCUT2D eigenvalue weighted by molar-refractivity contribution is 7.90. The molecule has 2 rings (SSSR count). The van der Waals surface area contributed by atoms with Gasteiger partial charge in [-0.05, 0) is 31.2 Å². The molecule has 0 atom stereocenters. The Morgan fingerprint density at radius 3 is 2.46 bits per heavy atom. The minimum absolute atomic E-state index is 0.209. The molecule has 0 aliphatic heterocycles. The summed E-state index contributed by atoms with van der Waals surface area (Å²) in [6.45, 7) is 0.884. The van der Waals surface area contributed by atoms with E-state index in [1.54, 1.807) is 0 Å². The molecule has 7 heteroatoms. The molecule has 0 aromatic heterocycles. The fraction of sp³-hybridized carbons (Fsp3) is 0.588. The molecule has 1 saturated carbocycles. The Bertz CT molecular complexity index is 609. The molecule has 0 heterocycles. The van der Waals surface area contributed by atoms with Gasteiger partial charge >= 0.3 is 5.97 Å². The molecule has 1 fully saturated rings. The number of hydrogen-bond acceptors (Lipinski definition) is 5. The molecule has 0 saturated heterocycles. The summed E-state index contributed by atoms with van der Waals surface area (Å²) < 4.78 is 37.1. The molecular weight excluding hydrogens is 330 g/mol. The lowest BCUT2D eigenvalue weighted by molar-refractivity contribution is -0.151. The summed E-state index contributed by atoms with van der Waals surface area (Å²) in [5.74, 6) is -0.443. The number of carbonyl (C=O) groups is 1. The van der Waals surface area contributed by atoms with Gasteiger partial charge in [-0.2, -0.15) is 0 Å². The fourth-order valence-corrected chi connectivity index (χ4v) is 4.36. The highest BCUT2D eigenvalue weighted by Gasteiger charge is 2.33. The van der Waals surface area contributed by atoms with Crippen LogP contribution in [-0.4, -0.2) is 39.9 Å². The summed E-state index contributed by atoms with van der Waals surface area (Å²) in [7, 11) is -1.81. The zero-order valence-electron chi connectivity index (χ0n) is 13.9. The van der Waals surface area contributed by atoms with Crippen LogP contribution in [0.25, 0.3) is 0 Å². The molecule has 1 N–H and O–H groups in total. The van der Waals surface area contributed by atoms with Crippen molar-refractivity contribution in [2.24, 2.45) is 5.92 Å². The molecule has 0 bridgehead atoms. The number of nitrogens with one attached hydrogen (secondary N) is 1. The van der Waals surface area contributed by atoms with Crippen molar-refractivity contribution < 1.29 is 22.7 Å². The lowest BCUT2D eigenvalue weighted by Gasteiger charge is -2.27. The minimum atomic E-state index is -3.34. The molecule has 1 aliphatic carbocycles. The van der Waals surface area contributed by atoms with Gasteiger partial charge in [0, 0.05) is 13.7 Å². The van der Waals surface area contributed by atoms with Gasteiger partial charge in [-0.3, -0.25) is 4.79 Å². The van der Waals surface area contributed by atoms with Crippen molar-refractivity contribution in [1.29, 1.82) is 0 Å². The topological polar surface area (TPSA) is 81.7 Å².